The van der Waals surface area contributed by atoms with Crippen LogP contribution in [0.5, 0.6) is 0 Å². The van der Waals surface area contributed by atoms with E-state index >= 15 is 0 Å². The highest BCUT2D eigenvalue weighted by atomic mass is 16.3. The fraction of sp³-hybridized carbons (Fsp3) is 0.429. The number of H-pyrrole nitrogens is 1. The first kappa shape index (κ1) is 10.8. The fourth-order valence-electron chi connectivity index (χ4n) is 2.52. The smallest absolute Gasteiger partial charge is 0.229 e. The Hall–Kier alpha value is -2.04. The van der Waals surface area contributed by atoms with Gasteiger partial charge in [0.25, 0.3) is 0 Å². The Balaban J connectivity index is 1.39. The summed E-state index contributed by atoms with van der Waals surface area (Å²) in [6.07, 6.45) is 4.95. The first-order valence-electron chi connectivity index (χ1n) is 6.71. The maximum atomic E-state index is 12.1. The van der Waals surface area contributed by atoms with Gasteiger partial charge in [-0.2, -0.15) is 5.10 Å². The number of aromatic nitrogens is 2. The van der Waals surface area contributed by atoms with Crippen LogP contribution < -0.4 is 5.32 Å². The Morgan fingerprint density at radius 3 is 3.11 bits per heavy atom. The lowest BCUT2D eigenvalue weighted by Crippen LogP contribution is -2.14. The summed E-state index contributed by atoms with van der Waals surface area (Å²) in [5, 5.41) is 10.00. The molecule has 2 heterocycles. The SMILES string of the molecule is O=C(Nc1cc(C2CC2)[nH]n1)[C@@H]1C[C@H]1c1ccco1. The predicted molar refractivity (Wildman–Crippen MR) is 68.7 cm³/mol. The molecular weight excluding hydrogens is 242 g/mol. The Kier molecular flexibility index (Phi) is 2.27. The quantitative estimate of drug-likeness (QED) is 0.884. The summed E-state index contributed by atoms with van der Waals surface area (Å²) in [7, 11) is 0. The van der Waals surface area contributed by atoms with Crippen molar-refractivity contribution in [3.8, 4) is 0 Å². The normalized spacial score (nSPS) is 25.3. The van der Waals surface area contributed by atoms with Crippen LogP contribution in [0.2, 0.25) is 0 Å². The molecule has 0 saturated heterocycles. The molecule has 2 aliphatic rings. The first-order chi connectivity index (χ1) is 9.31. The van der Waals surface area contributed by atoms with Gasteiger partial charge in [0.15, 0.2) is 5.82 Å². The van der Waals surface area contributed by atoms with E-state index in [1.165, 1.54) is 12.8 Å². The highest BCUT2D eigenvalue weighted by molar-refractivity contribution is 5.94. The Morgan fingerprint density at radius 2 is 2.37 bits per heavy atom. The topological polar surface area (TPSA) is 70.9 Å². The Bertz CT molecular complexity index is 598. The molecule has 0 unspecified atom stereocenters. The van der Waals surface area contributed by atoms with E-state index in [0.29, 0.717) is 11.7 Å². The summed E-state index contributed by atoms with van der Waals surface area (Å²) in [5.74, 6) is 2.45. The number of carbonyl (C=O) groups is 1. The van der Waals surface area contributed by atoms with Crippen molar-refractivity contribution in [2.24, 2.45) is 5.92 Å². The molecule has 2 atom stereocenters. The number of rotatable bonds is 4. The van der Waals surface area contributed by atoms with Gasteiger partial charge in [0.05, 0.1) is 6.26 Å². The zero-order chi connectivity index (χ0) is 12.8. The molecule has 2 aliphatic carbocycles. The summed E-state index contributed by atoms with van der Waals surface area (Å²) in [6, 6.07) is 5.73. The zero-order valence-electron chi connectivity index (χ0n) is 10.4. The van der Waals surface area contributed by atoms with E-state index in [-0.39, 0.29) is 17.7 Å². The highest BCUT2D eigenvalue weighted by Gasteiger charge is 2.46. The predicted octanol–water partition coefficient (Wildman–Crippen LogP) is 2.62. The second-order valence-corrected chi connectivity index (χ2v) is 5.44. The van der Waals surface area contributed by atoms with Crippen molar-refractivity contribution in [3.63, 3.8) is 0 Å². The molecule has 2 saturated carbocycles. The van der Waals surface area contributed by atoms with Gasteiger partial charge >= 0.3 is 0 Å². The third kappa shape index (κ3) is 2.05. The minimum absolute atomic E-state index is 0.0206. The molecule has 0 radical (unpaired) electrons. The standard InChI is InChI=1S/C14H15N3O2/c18-14(10-6-9(10)12-2-1-5-19-12)15-13-7-11(16-17-13)8-3-4-8/h1-2,5,7-10H,3-4,6H2,(H2,15,16,17,18)/t9-,10-/m1/s1. The lowest BCUT2D eigenvalue weighted by molar-refractivity contribution is -0.117. The second-order valence-electron chi connectivity index (χ2n) is 5.44. The highest BCUT2D eigenvalue weighted by Crippen LogP contribution is 2.48. The van der Waals surface area contributed by atoms with E-state index in [1.54, 1.807) is 6.26 Å². The lowest BCUT2D eigenvalue weighted by atomic mass is 10.2. The molecule has 4 rings (SSSR count). The van der Waals surface area contributed by atoms with E-state index in [0.717, 1.165) is 17.9 Å². The summed E-state index contributed by atoms with van der Waals surface area (Å²) in [5.41, 5.74) is 1.13. The number of anilines is 1. The van der Waals surface area contributed by atoms with Crippen molar-refractivity contribution in [2.75, 3.05) is 5.32 Å². The molecule has 2 N–H and O–H groups in total. The maximum absolute atomic E-state index is 12.1. The number of aromatic amines is 1. The minimum Gasteiger partial charge on any atom is -0.469 e. The number of amides is 1. The molecule has 2 aromatic rings. The van der Waals surface area contributed by atoms with Crippen molar-refractivity contribution in [1.82, 2.24) is 10.2 Å². The van der Waals surface area contributed by atoms with Gasteiger partial charge in [-0.1, -0.05) is 0 Å². The van der Waals surface area contributed by atoms with Crippen LogP contribution in [0, 0.1) is 5.92 Å². The van der Waals surface area contributed by atoms with Crippen LogP contribution in [0.1, 0.15) is 42.6 Å². The van der Waals surface area contributed by atoms with Gasteiger partial charge in [-0.25, -0.2) is 0 Å². The monoisotopic (exact) mass is 257 g/mol. The Morgan fingerprint density at radius 1 is 1.47 bits per heavy atom. The fourth-order valence-corrected chi connectivity index (χ4v) is 2.52. The summed E-state index contributed by atoms with van der Waals surface area (Å²) in [6.45, 7) is 0. The largest absolute Gasteiger partial charge is 0.469 e. The third-order valence-corrected chi connectivity index (χ3v) is 3.90. The van der Waals surface area contributed by atoms with E-state index in [4.69, 9.17) is 4.42 Å². The number of nitrogens with one attached hydrogen (secondary N) is 2. The molecule has 0 spiro atoms. The average Bonchev–Trinajstić information content (AvgIpc) is 3.32. The molecule has 0 aromatic carbocycles. The van der Waals surface area contributed by atoms with Gasteiger partial charge in [0.2, 0.25) is 5.91 Å². The third-order valence-electron chi connectivity index (χ3n) is 3.90. The Labute approximate surface area is 110 Å². The van der Waals surface area contributed by atoms with E-state index < -0.39 is 0 Å². The van der Waals surface area contributed by atoms with Crippen molar-refractivity contribution in [2.45, 2.75) is 31.1 Å². The zero-order valence-corrected chi connectivity index (χ0v) is 10.4. The van der Waals surface area contributed by atoms with Gasteiger partial charge in [-0.15, -0.1) is 0 Å². The van der Waals surface area contributed by atoms with E-state index in [1.807, 2.05) is 18.2 Å². The number of hydrogen-bond donors (Lipinski definition) is 2. The molecular formula is C14H15N3O2. The van der Waals surface area contributed by atoms with Crippen molar-refractivity contribution in [3.05, 3.63) is 35.9 Å². The summed E-state index contributed by atoms with van der Waals surface area (Å²) in [4.78, 5) is 12.1. The van der Waals surface area contributed by atoms with Gasteiger partial charge in [0, 0.05) is 29.5 Å². The molecule has 5 nitrogen and oxygen atoms in total. The molecule has 2 aromatic heterocycles. The number of hydrogen-bond acceptors (Lipinski definition) is 3. The van der Waals surface area contributed by atoms with Gasteiger partial charge in [0.1, 0.15) is 5.76 Å². The maximum Gasteiger partial charge on any atom is 0.229 e. The van der Waals surface area contributed by atoms with Crippen LogP contribution in [0.15, 0.2) is 28.9 Å². The van der Waals surface area contributed by atoms with Crippen LogP contribution in [0.4, 0.5) is 5.82 Å². The molecule has 2 fully saturated rings. The van der Waals surface area contributed by atoms with E-state index in [2.05, 4.69) is 15.5 Å². The van der Waals surface area contributed by atoms with Gasteiger partial charge in [-0.05, 0) is 31.4 Å². The molecule has 0 aliphatic heterocycles. The van der Waals surface area contributed by atoms with Crippen LogP contribution in [0.3, 0.4) is 0 Å². The number of nitrogens with zero attached hydrogens (tertiary/aromatic N) is 1. The second kappa shape index (κ2) is 3.98. The van der Waals surface area contributed by atoms with Crippen LogP contribution in [-0.4, -0.2) is 16.1 Å². The first-order valence-corrected chi connectivity index (χ1v) is 6.71. The summed E-state index contributed by atoms with van der Waals surface area (Å²) >= 11 is 0. The van der Waals surface area contributed by atoms with E-state index in [9.17, 15) is 4.79 Å². The van der Waals surface area contributed by atoms with Crippen molar-refractivity contribution >= 4 is 11.7 Å². The van der Waals surface area contributed by atoms with Crippen LogP contribution >= 0.6 is 0 Å². The average molecular weight is 257 g/mol. The lowest BCUT2D eigenvalue weighted by Gasteiger charge is -1.99. The van der Waals surface area contributed by atoms with Crippen LogP contribution in [-0.2, 0) is 4.79 Å². The number of furan rings is 1. The summed E-state index contributed by atoms with van der Waals surface area (Å²) < 4.78 is 5.33. The minimum atomic E-state index is 0.0206. The van der Waals surface area contributed by atoms with Gasteiger partial charge in [-0.3, -0.25) is 9.89 Å². The van der Waals surface area contributed by atoms with Crippen molar-refractivity contribution < 1.29 is 9.21 Å². The molecule has 5 heteroatoms. The van der Waals surface area contributed by atoms with Crippen LogP contribution in [0.25, 0.3) is 0 Å². The van der Waals surface area contributed by atoms with Gasteiger partial charge < -0.3 is 9.73 Å². The molecule has 98 valence electrons. The molecule has 19 heavy (non-hydrogen) atoms. The van der Waals surface area contributed by atoms with Crippen molar-refractivity contribution in [1.29, 1.82) is 0 Å². The molecule has 1 amide bonds. The number of carbonyl (C=O) groups excluding carboxylic acids is 1. The molecule has 0 bridgehead atoms.